The van der Waals surface area contributed by atoms with E-state index in [-0.39, 0.29) is 19.4 Å². The van der Waals surface area contributed by atoms with Gasteiger partial charge < -0.3 is 16.1 Å². The summed E-state index contributed by atoms with van der Waals surface area (Å²) < 4.78 is 0. The molecule has 4 heterocycles. The fraction of sp³-hybridized carbons (Fsp3) is 0.400. The van der Waals surface area contributed by atoms with E-state index >= 15 is 0 Å². The van der Waals surface area contributed by atoms with Crippen LogP contribution < -0.4 is 10.6 Å². The van der Waals surface area contributed by atoms with Gasteiger partial charge in [0.05, 0.1) is 18.4 Å². The Balaban J connectivity index is 0.000000372. The van der Waals surface area contributed by atoms with Crippen LogP contribution in [0.2, 0.25) is 0 Å². The monoisotopic (exact) mass is 412 g/mol. The van der Waals surface area contributed by atoms with Gasteiger partial charge in [-0.3, -0.25) is 9.89 Å². The number of carbonyl (C=O) groups is 1. The molecule has 1 fully saturated rings. The van der Waals surface area contributed by atoms with E-state index in [0.717, 1.165) is 11.3 Å². The van der Waals surface area contributed by atoms with Crippen LogP contribution in [-0.4, -0.2) is 48.1 Å². The molecule has 0 radical (unpaired) electrons. The van der Waals surface area contributed by atoms with E-state index in [1.54, 1.807) is 6.20 Å². The minimum atomic E-state index is -0.139. The molecule has 160 valence electrons. The molecule has 3 aromatic heterocycles. The molecule has 0 saturated heterocycles. The van der Waals surface area contributed by atoms with Crippen molar-refractivity contribution in [3.63, 3.8) is 0 Å². The highest BCUT2D eigenvalue weighted by atomic mass is 16.2. The highest BCUT2D eigenvalue weighted by Gasteiger charge is 2.18. The van der Waals surface area contributed by atoms with E-state index in [1.807, 2.05) is 19.1 Å². The zero-order valence-corrected chi connectivity index (χ0v) is 16.9. The number of hydrogen-bond donors (Lipinski definition) is 3. The van der Waals surface area contributed by atoms with Crippen molar-refractivity contribution in [1.82, 2.24) is 30.1 Å². The third-order valence-electron chi connectivity index (χ3n) is 4.97. The number of nitrogens with zero attached hydrogens (tertiary/aromatic N) is 5. The maximum atomic E-state index is 11.4. The summed E-state index contributed by atoms with van der Waals surface area (Å²) in [5.41, 5.74) is 2.96. The lowest BCUT2D eigenvalue weighted by Crippen LogP contribution is -2.28. The quantitative estimate of drug-likeness (QED) is 0.585. The van der Waals surface area contributed by atoms with E-state index in [0.29, 0.717) is 28.8 Å². The van der Waals surface area contributed by atoms with Crippen LogP contribution in [0.3, 0.4) is 0 Å². The van der Waals surface area contributed by atoms with Gasteiger partial charge in [-0.2, -0.15) is 5.10 Å². The number of aromatic nitrogens is 6. The maximum absolute atomic E-state index is 11.4. The summed E-state index contributed by atoms with van der Waals surface area (Å²) in [5, 5.41) is 12.2. The summed E-state index contributed by atoms with van der Waals surface area (Å²) >= 11 is 0. The molecule has 0 bridgehead atoms. The van der Waals surface area contributed by atoms with E-state index < -0.39 is 0 Å². The molecule has 2 aliphatic rings. The number of hydrogen-bond acceptors (Lipinski definition) is 7. The second-order valence-corrected chi connectivity index (χ2v) is 7.14. The first-order valence-electron chi connectivity index (χ1n) is 9.95. The van der Waals surface area contributed by atoms with Crippen molar-refractivity contribution in [1.29, 1.82) is 0 Å². The molecule has 5 rings (SSSR count). The van der Waals surface area contributed by atoms with Crippen LogP contribution in [0.4, 0.5) is 11.6 Å². The molecule has 10 heteroatoms. The lowest BCUT2D eigenvalue weighted by atomic mass is 10.0. The van der Waals surface area contributed by atoms with Crippen molar-refractivity contribution < 1.29 is 11.7 Å². The second-order valence-electron chi connectivity index (χ2n) is 7.14. The maximum Gasteiger partial charge on any atom is 0.244 e. The van der Waals surface area contributed by atoms with Crippen molar-refractivity contribution in [3.8, 4) is 22.8 Å². The number of H-pyrrole nitrogens is 1. The Morgan fingerprint density at radius 2 is 1.67 bits per heavy atom. The van der Waals surface area contributed by atoms with Gasteiger partial charge >= 0.3 is 0 Å². The van der Waals surface area contributed by atoms with Crippen molar-refractivity contribution in [2.75, 3.05) is 17.2 Å². The Bertz CT molecular complexity index is 981. The fourth-order valence-electron chi connectivity index (χ4n) is 3.43. The summed E-state index contributed by atoms with van der Waals surface area (Å²) in [4.78, 5) is 28.8. The standard InChI is InChI=1S/C14H12N8O.C6H12.H2O.H2/c1-7-8(2-3-9(19-7)12-17-6-18-22-12)10-4-15-13-14(20-10)21-11(23)5-16-13;1-2-4-6-5-3-1;;/h2-4,6H,5H2,1H3,(H,15,16)(H,17,18,22)(H,20,21,23);1-6H2;1H2;1H. The molecular formula is C20H28N8O2. The molecule has 1 aliphatic heterocycles. The van der Waals surface area contributed by atoms with E-state index in [9.17, 15) is 4.79 Å². The molecule has 10 nitrogen and oxygen atoms in total. The first-order valence-corrected chi connectivity index (χ1v) is 9.95. The molecule has 5 N–H and O–H groups in total. The average Bonchev–Trinajstić information content (AvgIpc) is 3.30. The summed E-state index contributed by atoms with van der Waals surface area (Å²) in [6.45, 7) is 2.08. The SMILES string of the molecule is C1CCCCC1.Cc1nc(-c2ncn[nH]2)ccc1-c1cnc2c(n1)NC(=O)CN2.O.[HH]. The first-order chi connectivity index (χ1) is 14.2. The van der Waals surface area contributed by atoms with Gasteiger partial charge in [0.1, 0.15) is 12.0 Å². The summed E-state index contributed by atoms with van der Waals surface area (Å²) in [7, 11) is 0. The van der Waals surface area contributed by atoms with Gasteiger partial charge in [0.25, 0.3) is 0 Å². The predicted molar refractivity (Wildman–Crippen MR) is 116 cm³/mol. The zero-order valence-electron chi connectivity index (χ0n) is 16.9. The number of aromatic amines is 1. The van der Waals surface area contributed by atoms with Crippen LogP contribution in [0.5, 0.6) is 0 Å². The van der Waals surface area contributed by atoms with Gasteiger partial charge in [0.2, 0.25) is 5.91 Å². The van der Waals surface area contributed by atoms with Gasteiger partial charge in [-0.25, -0.2) is 19.9 Å². The molecule has 0 aromatic carbocycles. The number of pyridine rings is 1. The number of carbonyl (C=O) groups excluding carboxylic acids is 1. The van der Waals surface area contributed by atoms with Crippen LogP contribution >= 0.6 is 0 Å². The summed E-state index contributed by atoms with van der Waals surface area (Å²) in [6, 6.07) is 3.73. The van der Waals surface area contributed by atoms with Crippen molar-refractivity contribution >= 4 is 17.5 Å². The largest absolute Gasteiger partial charge is 0.412 e. The number of aryl methyl sites for hydroxylation is 1. The molecular weight excluding hydrogens is 384 g/mol. The minimum absolute atomic E-state index is 0. The van der Waals surface area contributed by atoms with Gasteiger partial charge in [-0.05, 0) is 19.1 Å². The predicted octanol–water partition coefficient (Wildman–Crippen LogP) is 2.76. The Morgan fingerprint density at radius 3 is 2.30 bits per heavy atom. The van der Waals surface area contributed by atoms with Gasteiger partial charge in [-0.1, -0.05) is 38.5 Å². The van der Waals surface area contributed by atoms with Gasteiger partial charge in [0, 0.05) is 12.7 Å². The third kappa shape index (κ3) is 4.95. The van der Waals surface area contributed by atoms with E-state index in [1.165, 1.54) is 44.9 Å². The molecule has 30 heavy (non-hydrogen) atoms. The molecule has 0 atom stereocenters. The van der Waals surface area contributed by atoms with E-state index in [2.05, 4.69) is 40.8 Å². The van der Waals surface area contributed by atoms with E-state index in [4.69, 9.17) is 0 Å². The number of anilines is 2. The first kappa shape index (κ1) is 21.3. The summed E-state index contributed by atoms with van der Waals surface area (Å²) in [5.74, 6) is 1.46. The molecule has 3 aromatic rings. The summed E-state index contributed by atoms with van der Waals surface area (Å²) in [6.07, 6.45) is 12.1. The number of rotatable bonds is 2. The van der Waals surface area contributed by atoms with Crippen LogP contribution in [0, 0.1) is 6.92 Å². The lowest BCUT2D eigenvalue weighted by molar-refractivity contribution is -0.114. The fourth-order valence-corrected chi connectivity index (χ4v) is 3.43. The molecule has 1 amide bonds. The van der Waals surface area contributed by atoms with Gasteiger partial charge in [0.15, 0.2) is 17.5 Å². The van der Waals surface area contributed by atoms with Crippen LogP contribution in [0.1, 0.15) is 45.6 Å². The van der Waals surface area contributed by atoms with Crippen LogP contribution in [0.25, 0.3) is 22.8 Å². The molecule has 1 saturated carbocycles. The number of nitrogens with one attached hydrogen (secondary N) is 3. The third-order valence-corrected chi connectivity index (χ3v) is 4.97. The highest BCUT2D eigenvalue weighted by Crippen LogP contribution is 2.27. The highest BCUT2D eigenvalue weighted by molar-refractivity contribution is 5.98. The van der Waals surface area contributed by atoms with Crippen molar-refractivity contribution in [3.05, 3.63) is 30.4 Å². The molecule has 0 spiro atoms. The number of amides is 1. The smallest absolute Gasteiger partial charge is 0.244 e. The Kier molecular flexibility index (Phi) is 7.02. The Morgan fingerprint density at radius 1 is 0.933 bits per heavy atom. The van der Waals surface area contributed by atoms with Crippen molar-refractivity contribution in [2.45, 2.75) is 45.4 Å². The Hall–Kier alpha value is -3.40. The average molecular weight is 412 g/mol. The van der Waals surface area contributed by atoms with Crippen molar-refractivity contribution in [2.24, 2.45) is 0 Å². The zero-order chi connectivity index (χ0) is 20.1. The molecule has 0 unspecified atom stereocenters. The minimum Gasteiger partial charge on any atom is -0.412 e. The van der Waals surface area contributed by atoms with Crippen LogP contribution in [0.15, 0.2) is 24.7 Å². The topological polar surface area (TPSA) is 153 Å². The normalized spacial score (nSPS) is 14.9. The lowest BCUT2D eigenvalue weighted by Gasteiger charge is -2.17. The Labute approximate surface area is 175 Å². The second kappa shape index (κ2) is 9.88. The number of fused-ring (bicyclic) bond motifs is 1. The van der Waals surface area contributed by atoms with Gasteiger partial charge in [-0.15, -0.1) is 0 Å². The molecule has 1 aliphatic carbocycles. The van der Waals surface area contributed by atoms with Crippen LogP contribution in [-0.2, 0) is 4.79 Å².